The lowest BCUT2D eigenvalue weighted by Gasteiger charge is -2.32. The Balaban J connectivity index is 1.41. The molecule has 1 saturated heterocycles. The quantitative estimate of drug-likeness (QED) is 0.634. The summed E-state index contributed by atoms with van der Waals surface area (Å²) in [6, 6.07) is 10.0. The monoisotopic (exact) mass is 447 g/mol. The lowest BCUT2D eigenvalue weighted by Crippen LogP contribution is -2.42. The van der Waals surface area contributed by atoms with Crippen LogP contribution in [0.3, 0.4) is 0 Å². The number of carbonyl (C=O) groups excluding carboxylic acids is 1. The number of sulfonamides is 1. The molecule has 1 N–H and O–H groups in total. The smallest absolute Gasteiger partial charge is 0.240 e. The van der Waals surface area contributed by atoms with Gasteiger partial charge in [0.15, 0.2) is 0 Å². The van der Waals surface area contributed by atoms with Crippen molar-refractivity contribution in [2.24, 2.45) is 0 Å². The Bertz CT molecular complexity index is 954. The molecule has 1 amide bonds. The average molecular weight is 448 g/mol. The highest BCUT2D eigenvalue weighted by molar-refractivity contribution is 7.89. The zero-order valence-electron chi connectivity index (χ0n) is 17.9. The van der Waals surface area contributed by atoms with Crippen LogP contribution in [-0.2, 0) is 14.8 Å². The molecule has 3 rings (SSSR count). The minimum Gasteiger partial charge on any atom is -0.494 e. The third-order valence-corrected chi connectivity index (χ3v) is 6.52. The number of likely N-dealkylation sites (tertiary alicyclic amines) is 1. The van der Waals surface area contributed by atoms with Gasteiger partial charge in [0.05, 0.1) is 11.5 Å². The SMILES string of the molecule is CCOc1ccc(S(=O)(=O)NCCC(=O)N2CCC(Oc3ccc(C)cn3)CC2)cc1. The van der Waals surface area contributed by atoms with Gasteiger partial charge < -0.3 is 14.4 Å². The summed E-state index contributed by atoms with van der Waals surface area (Å²) >= 11 is 0. The molecule has 0 unspecified atom stereocenters. The fourth-order valence-corrected chi connectivity index (χ4v) is 4.37. The van der Waals surface area contributed by atoms with Crippen molar-refractivity contribution in [1.82, 2.24) is 14.6 Å². The molecule has 0 atom stereocenters. The van der Waals surface area contributed by atoms with Crippen LogP contribution in [0.5, 0.6) is 11.6 Å². The zero-order chi connectivity index (χ0) is 22.3. The van der Waals surface area contributed by atoms with Crippen molar-refractivity contribution in [3.63, 3.8) is 0 Å². The van der Waals surface area contributed by atoms with E-state index in [9.17, 15) is 13.2 Å². The molecular weight excluding hydrogens is 418 g/mol. The highest BCUT2D eigenvalue weighted by Crippen LogP contribution is 2.18. The van der Waals surface area contributed by atoms with Gasteiger partial charge in [0, 0.05) is 51.2 Å². The van der Waals surface area contributed by atoms with Gasteiger partial charge in [0.25, 0.3) is 0 Å². The van der Waals surface area contributed by atoms with E-state index in [1.54, 1.807) is 23.2 Å². The Kier molecular flexibility index (Phi) is 7.86. The summed E-state index contributed by atoms with van der Waals surface area (Å²) < 4.78 is 38.5. The number of piperidine rings is 1. The number of hydrogen-bond donors (Lipinski definition) is 1. The molecule has 168 valence electrons. The average Bonchev–Trinajstić information content (AvgIpc) is 2.76. The fraction of sp³-hybridized carbons (Fsp3) is 0.455. The fourth-order valence-electron chi connectivity index (χ4n) is 3.33. The van der Waals surface area contributed by atoms with Gasteiger partial charge >= 0.3 is 0 Å². The molecule has 0 spiro atoms. The van der Waals surface area contributed by atoms with E-state index < -0.39 is 10.0 Å². The Labute approximate surface area is 183 Å². The number of nitrogens with one attached hydrogen (secondary N) is 1. The van der Waals surface area contributed by atoms with Crippen molar-refractivity contribution in [3.05, 3.63) is 48.2 Å². The van der Waals surface area contributed by atoms with Crippen molar-refractivity contribution in [2.75, 3.05) is 26.2 Å². The largest absolute Gasteiger partial charge is 0.494 e. The highest BCUT2D eigenvalue weighted by Gasteiger charge is 2.24. The second-order valence-corrected chi connectivity index (χ2v) is 9.19. The predicted molar refractivity (Wildman–Crippen MR) is 117 cm³/mol. The molecule has 0 saturated carbocycles. The Morgan fingerprint density at radius 3 is 2.48 bits per heavy atom. The molecule has 0 aliphatic carbocycles. The van der Waals surface area contributed by atoms with Crippen molar-refractivity contribution in [1.29, 1.82) is 0 Å². The number of rotatable bonds is 9. The molecule has 0 bridgehead atoms. The molecule has 9 heteroatoms. The van der Waals surface area contributed by atoms with Gasteiger partial charge in [0.1, 0.15) is 11.9 Å². The van der Waals surface area contributed by atoms with Crippen molar-refractivity contribution < 1.29 is 22.7 Å². The van der Waals surface area contributed by atoms with Crippen molar-refractivity contribution in [3.8, 4) is 11.6 Å². The van der Waals surface area contributed by atoms with E-state index in [1.165, 1.54) is 12.1 Å². The number of hydrogen-bond acceptors (Lipinski definition) is 6. The molecule has 1 aromatic heterocycles. The van der Waals surface area contributed by atoms with E-state index in [1.807, 2.05) is 26.0 Å². The van der Waals surface area contributed by atoms with E-state index in [4.69, 9.17) is 9.47 Å². The van der Waals surface area contributed by atoms with Gasteiger partial charge in [-0.05, 0) is 43.7 Å². The predicted octanol–water partition coefficient (Wildman–Crippen LogP) is 2.53. The number of pyridine rings is 1. The van der Waals surface area contributed by atoms with E-state index in [0.717, 1.165) is 18.4 Å². The number of ether oxygens (including phenoxy) is 2. The first-order chi connectivity index (χ1) is 14.9. The highest BCUT2D eigenvalue weighted by atomic mass is 32.2. The third kappa shape index (κ3) is 6.67. The summed E-state index contributed by atoms with van der Waals surface area (Å²) in [5, 5.41) is 0. The van der Waals surface area contributed by atoms with E-state index in [-0.39, 0.29) is 29.9 Å². The second-order valence-electron chi connectivity index (χ2n) is 7.42. The standard InChI is InChI=1S/C22H29N3O5S/c1-3-29-18-5-7-20(8-6-18)31(27,28)24-13-10-22(26)25-14-11-19(12-15-25)30-21-9-4-17(2)16-23-21/h4-9,16,19,24H,3,10-15H2,1-2H3. The van der Waals surface area contributed by atoms with Gasteiger partial charge in [-0.25, -0.2) is 18.1 Å². The van der Waals surface area contributed by atoms with Gasteiger partial charge in [-0.1, -0.05) is 6.07 Å². The molecule has 2 heterocycles. The van der Waals surface area contributed by atoms with E-state index >= 15 is 0 Å². The van der Waals surface area contributed by atoms with E-state index in [0.29, 0.717) is 31.3 Å². The first-order valence-electron chi connectivity index (χ1n) is 10.5. The maximum absolute atomic E-state index is 12.5. The Hall–Kier alpha value is -2.65. The Morgan fingerprint density at radius 1 is 1.16 bits per heavy atom. The normalized spacial score (nSPS) is 15.0. The molecule has 1 fully saturated rings. The van der Waals surface area contributed by atoms with Crippen LogP contribution < -0.4 is 14.2 Å². The molecule has 0 radical (unpaired) electrons. The van der Waals surface area contributed by atoms with Crippen LogP contribution in [0.4, 0.5) is 0 Å². The summed E-state index contributed by atoms with van der Waals surface area (Å²) in [4.78, 5) is 18.6. The summed E-state index contributed by atoms with van der Waals surface area (Å²) in [5.74, 6) is 1.14. The van der Waals surface area contributed by atoms with Gasteiger partial charge in [-0.15, -0.1) is 0 Å². The van der Waals surface area contributed by atoms with E-state index in [2.05, 4.69) is 9.71 Å². The molecule has 1 aliphatic rings. The number of aromatic nitrogens is 1. The minimum absolute atomic E-state index is 0.0254. The van der Waals surface area contributed by atoms with Gasteiger partial charge in [-0.3, -0.25) is 4.79 Å². The topological polar surface area (TPSA) is 97.8 Å². The van der Waals surface area contributed by atoms with Crippen LogP contribution in [-0.4, -0.2) is 56.6 Å². The lowest BCUT2D eigenvalue weighted by molar-refractivity contribution is -0.132. The first-order valence-corrected chi connectivity index (χ1v) is 12.0. The second kappa shape index (κ2) is 10.6. The maximum atomic E-state index is 12.5. The summed E-state index contributed by atoms with van der Waals surface area (Å²) in [5.41, 5.74) is 1.07. The number of benzene rings is 1. The van der Waals surface area contributed by atoms with Crippen LogP contribution >= 0.6 is 0 Å². The van der Waals surface area contributed by atoms with Gasteiger partial charge in [0.2, 0.25) is 21.8 Å². The van der Waals surface area contributed by atoms with Crippen LogP contribution in [0.2, 0.25) is 0 Å². The van der Waals surface area contributed by atoms with Crippen LogP contribution in [0.25, 0.3) is 0 Å². The summed E-state index contributed by atoms with van der Waals surface area (Å²) in [7, 11) is -3.67. The molecule has 1 aromatic carbocycles. The van der Waals surface area contributed by atoms with Gasteiger partial charge in [-0.2, -0.15) is 0 Å². The minimum atomic E-state index is -3.67. The van der Waals surface area contributed by atoms with Crippen LogP contribution in [0.1, 0.15) is 31.7 Å². The van der Waals surface area contributed by atoms with Crippen molar-refractivity contribution in [2.45, 2.75) is 44.1 Å². The van der Waals surface area contributed by atoms with Crippen molar-refractivity contribution >= 4 is 15.9 Å². The third-order valence-electron chi connectivity index (χ3n) is 5.04. The number of carbonyl (C=O) groups is 1. The number of amides is 1. The number of aryl methyl sites for hydroxylation is 1. The Morgan fingerprint density at radius 2 is 1.87 bits per heavy atom. The van der Waals surface area contributed by atoms with Crippen LogP contribution in [0.15, 0.2) is 47.5 Å². The molecular formula is C22H29N3O5S. The molecule has 8 nitrogen and oxygen atoms in total. The molecule has 2 aromatic rings. The lowest BCUT2D eigenvalue weighted by atomic mass is 10.1. The molecule has 31 heavy (non-hydrogen) atoms. The summed E-state index contributed by atoms with van der Waals surface area (Å²) in [6.45, 7) is 5.57. The van der Waals surface area contributed by atoms with Crippen LogP contribution in [0, 0.1) is 6.92 Å². The molecule has 1 aliphatic heterocycles. The number of nitrogens with zero attached hydrogens (tertiary/aromatic N) is 2. The summed E-state index contributed by atoms with van der Waals surface area (Å²) in [6.07, 6.45) is 3.35. The zero-order valence-corrected chi connectivity index (χ0v) is 18.7. The first kappa shape index (κ1) is 23.0. The maximum Gasteiger partial charge on any atom is 0.240 e.